The third kappa shape index (κ3) is 3.60. The van der Waals surface area contributed by atoms with Crippen LogP contribution >= 0.6 is 15.9 Å². The lowest BCUT2D eigenvalue weighted by atomic mass is 10.1. The maximum atomic E-state index is 12.6. The molecule has 0 aromatic heterocycles. The zero-order valence-corrected chi connectivity index (χ0v) is 15.3. The lowest BCUT2D eigenvalue weighted by molar-refractivity contribution is -0.384. The molecule has 2 aliphatic heterocycles. The van der Waals surface area contributed by atoms with Crippen molar-refractivity contribution in [3.8, 4) is 0 Å². The molecule has 0 aliphatic carbocycles. The molecule has 1 fully saturated rings. The maximum Gasteiger partial charge on any atom is 0.294 e. The van der Waals surface area contributed by atoms with E-state index in [-0.39, 0.29) is 11.6 Å². The van der Waals surface area contributed by atoms with Crippen molar-refractivity contribution in [1.29, 1.82) is 0 Å². The second-order valence-electron chi connectivity index (χ2n) is 6.38. The van der Waals surface area contributed by atoms with Crippen molar-refractivity contribution in [3.05, 3.63) is 32.3 Å². The number of nitrogens with zero attached hydrogens (tertiary/aromatic N) is 4. The van der Waals surface area contributed by atoms with Gasteiger partial charge in [-0.05, 0) is 25.1 Å². The van der Waals surface area contributed by atoms with Gasteiger partial charge in [-0.15, -0.1) is 0 Å². The van der Waals surface area contributed by atoms with Crippen LogP contribution in [0.15, 0.2) is 16.6 Å². The quantitative estimate of drug-likeness (QED) is 0.573. The Morgan fingerprint density at radius 1 is 1.25 bits per heavy atom. The molecule has 1 saturated heterocycles. The fourth-order valence-corrected chi connectivity index (χ4v) is 3.83. The van der Waals surface area contributed by atoms with Crippen molar-refractivity contribution >= 4 is 33.2 Å². The summed E-state index contributed by atoms with van der Waals surface area (Å²) in [4.78, 5) is 29.7. The van der Waals surface area contributed by atoms with Gasteiger partial charge in [0.05, 0.1) is 4.92 Å². The van der Waals surface area contributed by atoms with Gasteiger partial charge in [-0.3, -0.25) is 14.9 Å². The number of hydrogen-bond acceptors (Lipinski definition) is 5. The number of carbonyl (C=O) groups excluding carboxylic acids is 1. The number of piperazine rings is 1. The number of anilines is 1. The molecule has 0 saturated carbocycles. The Kier molecular flexibility index (Phi) is 5.17. The average Bonchev–Trinajstić information content (AvgIpc) is 2.96. The second-order valence-corrected chi connectivity index (χ2v) is 7.30. The summed E-state index contributed by atoms with van der Waals surface area (Å²) in [7, 11) is 2.10. The molecule has 2 heterocycles. The van der Waals surface area contributed by atoms with Crippen LogP contribution in [0.1, 0.15) is 12.0 Å². The lowest BCUT2D eigenvalue weighted by Crippen LogP contribution is -2.45. The van der Waals surface area contributed by atoms with Crippen molar-refractivity contribution in [2.24, 2.45) is 0 Å². The van der Waals surface area contributed by atoms with Gasteiger partial charge < -0.3 is 14.7 Å². The maximum absolute atomic E-state index is 12.6. The monoisotopic (exact) mass is 396 g/mol. The zero-order valence-electron chi connectivity index (χ0n) is 13.7. The summed E-state index contributed by atoms with van der Waals surface area (Å²) in [5.41, 5.74) is 1.35. The summed E-state index contributed by atoms with van der Waals surface area (Å²) in [5, 5.41) is 11.4. The molecule has 0 N–H and O–H groups in total. The number of rotatable bonds is 4. The fraction of sp³-hybridized carbons (Fsp3) is 0.562. The predicted octanol–water partition coefficient (Wildman–Crippen LogP) is 1.88. The normalized spacial score (nSPS) is 18.7. The first-order valence-electron chi connectivity index (χ1n) is 8.14. The van der Waals surface area contributed by atoms with Gasteiger partial charge in [-0.1, -0.05) is 15.9 Å². The van der Waals surface area contributed by atoms with E-state index in [1.54, 1.807) is 4.90 Å². The van der Waals surface area contributed by atoms with Crippen molar-refractivity contribution in [2.75, 3.05) is 51.2 Å². The highest BCUT2D eigenvalue weighted by atomic mass is 79.9. The summed E-state index contributed by atoms with van der Waals surface area (Å²) in [5.74, 6) is -0.0295. The second kappa shape index (κ2) is 7.16. The van der Waals surface area contributed by atoms with E-state index in [4.69, 9.17) is 0 Å². The molecule has 24 heavy (non-hydrogen) atoms. The molecule has 1 amide bonds. The van der Waals surface area contributed by atoms with Gasteiger partial charge in [0.1, 0.15) is 5.69 Å². The molecule has 0 radical (unpaired) electrons. The highest BCUT2D eigenvalue weighted by Crippen LogP contribution is 2.39. The van der Waals surface area contributed by atoms with Crippen LogP contribution in [-0.4, -0.2) is 66.9 Å². The highest BCUT2D eigenvalue weighted by Gasteiger charge is 2.32. The number of benzene rings is 1. The van der Waals surface area contributed by atoms with Gasteiger partial charge in [0.2, 0.25) is 5.91 Å². The van der Waals surface area contributed by atoms with Crippen LogP contribution in [0, 0.1) is 10.1 Å². The number of likely N-dealkylation sites (N-methyl/N-ethyl adjacent to an activating group) is 1. The van der Waals surface area contributed by atoms with Crippen LogP contribution in [0.2, 0.25) is 0 Å². The molecular weight excluding hydrogens is 376 g/mol. The zero-order chi connectivity index (χ0) is 17.3. The molecule has 8 heteroatoms. The first-order valence-corrected chi connectivity index (χ1v) is 8.93. The number of halogens is 1. The summed E-state index contributed by atoms with van der Waals surface area (Å²) < 4.78 is 0.680. The van der Waals surface area contributed by atoms with E-state index in [0.29, 0.717) is 36.1 Å². The van der Waals surface area contributed by atoms with Crippen LogP contribution in [0.3, 0.4) is 0 Å². The topological polar surface area (TPSA) is 69.9 Å². The van der Waals surface area contributed by atoms with Gasteiger partial charge in [-0.25, -0.2) is 0 Å². The van der Waals surface area contributed by atoms with Gasteiger partial charge in [-0.2, -0.15) is 0 Å². The highest BCUT2D eigenvalue weighted by molar-refractivity contribution is 9.10. The van der Waals surface area contributed by atoms with Crippen LogP contribution in [0.4, 0.5) is 11.4 Å². The smallest absolute Gasteiger partial charge is 0.294 e. The third-order valence-electron chi connectivity index (χ3n) is 4.74. The van der Waals surface area contributed by atoms with Crippen LogP contribution in [-0.2, 0) is 11.2 Å². The molecule has 1 aromatic rings. The Hall–Kier alpha value is -1.51. The van der Waals surface area contributed by atoms with Crippen molar-refractivity contribution in [2.45, 2.75) is 12.8 Å². The molecule has 0 atom stereocenters. The molecule has 1 aromatic carbocycles. The molecule has 0 bridgehead atoms. The number of fused-ring (bicyclic) bond motifs is 1. The Labute approximate surface area is 149 Å². The molecule has 2 aliphatic rings. The van der Waals surface area contributed by atoms with Crippen molar-refractivity contribution in [3.63, 3.8) is 0 Å². The minimum Gasteiger partial charge on any atom is -0.306 e. The van der Waals surface area contributed by atoms with Gasteiger partial charge >= 0.3 is 0 Å². The molecular formula is C16H21BrN4O3. The summed E-state index contributed by atoms with van der Waals surface area (Å²) in [6.07, 6.45) is 1.06. The molecule has 3 rings (SSSR count). The van der Waals surface area contributed by atoms with E-state index >= 15 is 0 Å². The number of carbonyl (C=O) groups is 1. The Morgan fingerprint density at radius 3 is 2.62 bits per heavy atom. The SMILES string of the molecule is CN1CCN(CCC(=O)N2CCc3cc(Br)cc([N+](=O)[O-])c32)CC1. The number of hydrogen-bond donors (Lipinski definition) is 0. The fourth-order valence-electron chi connectivity index (χ4n) is 3.33. The van der Waals surface area contributed by atoms with E-state index in [1.807, 2.05) is 6.07 Å². The Bertz CT molecular complexity index is 659. The van der Waals surface area contributed by atoms with E-state index in [2.05, 4.69) is 32.8 Å². The van der Waals surface area contributed by atoms with E-state index in [0.717, 1.165) is 31.7 Å². The van der Waals surface area contributed by atoms with Gasteiger partial charge in [0.25, 0.3) is 5.69 Å². The van der Waals surface area contributed by atoms with E-state index < -0.39 is 4.92 Å². The van der Waals surface area contributed by atoms with Gasteiger partial charge in [0, 0.05) is 56.2 Å². The first kappa shape index (κ1) is 17.3. The van der Waals surface area contributed by atoms with Crippen LogP contribution in [0.5, 0.6) is 0 Å². The first-order chi connectivity index (χ1) is 11.5. The minimum absolute atomic E-state index is 0.00447. The standard InChI is InChI=1S/C16H21BrN4O3/c1-18-6-8-19(9-7-18)4-3-15(22)20-5-2-12-10-13(17)11-14(16(12)20)21(23)24/h10-11H,2-9H2,1H3. The Morgan fingerprint density at radius 2 is 1.96 bits per heavy atom. The Balaban J connectivity index is 1.69. The van der Waals surface area contributed by atoms with Crippen molar-refractivity contribution in [1.82, 2.24) is 9.80 Å². The predicted molar refractivity (Wildman–Crippen MR) is 95.4 cm³/mol. The van der Waals surface area contributed by atoms with Crippen LogP contribution < -0.4 is 4.90 Å². The summed E-state index contributed by atoms with van der Waals surface area (Å²) >= 11 is 3.31. The summed E-state index contributed by atoms with van der Waals surface area (Å²) in [6.45, 7) is 5.19. The molecule has 130 valence electrons. The summed E-state index contributed by atoms with van der Waals surface area (Å²) in [6, 6.07) is 3.35. The average molecular weight is 397 g/mol. The number of nitro benzene ring substituents is 1. The van der Waals surface area contributed by atoms with Gasteiger partial charge in [0.15, 0.2) is 0 Å². The minimum atomic E-state index is -0.407. The molecule has 0 spiro atoms. The largest absolute Gasteiger partial charge is 0.306 e. The molecule has 7 nitrogen and oxygen atoms in total. The lowest BCUT2D eigenvalue weighted by Gasteiger charge is -2.32. The van der Waals surface area contributed by atoms with E-state index in [9.17, 15) is 14.9 Å². The third-order valence-corrected chi connectivity index (χ3v) is 5.20. The number of nitro groups is 1. The van der Waals surface area contributed by atoms with Crippen molar-refractivity contribution < 1.29 is 9.72 Å². The van der Waals surface area contributed by atoms with Crippen LogP contribution in [0.25, 0.3) is 0 Å². The number of amides is 1. The molecule has 0 unspecified atom stereocenters. The van der Waals surface area contributed by atoms with E-state index in [1.165, 1.54) is 6.07 Å².